The number of aromatic nitrogens is 1. The van der Waals surface area contributed by atoms with E-state index >= 15 is 0 Å². The first-order chi connectivity index (χ1) is 14.0. The number of primary amides is 1. The van der Waals surface area contributed by atoms with Gasteiger partial charge in [-0.05, 0) is 55.2 Å². The van der Waals surface area contributed by atoms with Crippen molar-refractivity contribution in [1.29, 1.82) is 0 Å². The van der Waals surface area contributed by atoms with E-state index in [-0.39, 0.29) is 11.7 Å². The standard InChI is InChI=1S/C21H21N3O5/c1-11-19(21(27)24-16(10-25)20(22)26)15-8-13(3-5-18(15)28-11)29-17-4-2-12-9-23-7-6-14(12)17/h3,5-9,16-17,25H,2,4,10H2,1H3,(H2,22,26)(H,24,27)/t16-,17?/m0/s1. The minimum atomic E-state index is -1.17. The molecule has 0 bridgehead atoms. The summed E-state index contributed by atoms with van der Waals surface area (Å²) in [6.07, 6.45) is 5.30. The predicted octanol–water partition coefficient (Wildman–Crippen LogP) is 1.78. The second-order valence-corrected chi connectivity index (χ2v) is 7.02. The summed E-state index contributed by atoms with van der Waals surface area (Å²) in [7, 11) is 0. The van der Waals surface area contributed by atoms with Gasteiger partial charge < -0.3 is 25.3 Å². The maximum atomic E-state index is 12.7. The number of carbonyl (C=O) groups excluding carboxylic acids is 2. The molecule has 0 saturated heterocycles. The molecule has 2 aromatic heterocycles. The number of aryl methyl sites for hydroxylation is 2. The molecule has 1 unspecified atom stereocenters. The molecule has 1 aromatic carbocycles. The molecule has 1 aliphatic carbocycles. The van der Waals surface area contributed by atoms with Gasteiger partial charge in [-0.2, -0.15) is 0 Å². The second-order valence-electron chi connectivity index (χ2n) is 7.02. The van der Waals surface area contributed by atoms with E-state index in [2.05, 4.69) is 10.3 Å². The van der Waals surface area contributed by atoms with Crippen LogP contribution in [0, 0.1) is 6.92 Å². The summed E-state index contributed by atoms with van der Waals surface area (Å²) < 4.78 is 11.9. The average Bonchev–Trinajstić information content (AvgIpc) is 3.25. The summed E-state index contributed by atoms with van der Waals surface area (Å²) in [6, 6.07) is 6.08. The Hall–Kier alpha value is -3.39. The molecule has 2 atom stereocenters. The summed E-state index contributed by atoms with van der Waals surface area (Å²) in [4.78, 5) is 28.2. The predicted molar refractivity (Wildman–Crippen MR) is 104 cm³/mol. The quantitative estimate of drug-likeness (QED) is 0.584. The molecule has 2 amide bonds. The van der Waals surface area contributed by atoms with E-state index in [4.69, 9.17) is 14.9 Å². The van der Waals surface area contributed by atoms with Crippen LogP contribution in [-0.4, -0.2) is 34.6 Å². The van der Waals surface area contributed by atoms with E-state index in [0.717, 1.165) is 18.4 Å². The summed E-state index contributed by atoms with van der Waals surface area (Å²) in [6.45, 7) is 1.08. The molecule has 0 fully saturated rings. The van der Waals surface area contributed by atoms with Crippen LogP contribution < -0.4 is 15.8 Å². The van der Waals surface area contributed by atoms with Gasteiger partial charge in [-0.3, -0.25) is 14.6 Å². The lowest BCUT2D eigenvalue weighted by molar-refractivity contribution is -0.120. The van der Waals surface area contributed by atoms with Crippen LogP contribution in [0.2, 0.25) is 0 Å². The highest BCUT2D eigenvalue weighted by molar-refractivity contribution is 6.08. The number of benzene rings is 1. The summed E-state index contributed by atoms with van der Waals surface area (Å²) in [5.74, 6) is -0.359. The fourth-order valence-corrected chi connectivity index (χ4v) is 3.68. The van der Waals surface area contributed by atoms with Gasteiger partial charge in [-0.1, -0.05) is 0 Å². The molecule has 4 N–H and O–H groups in total. The fourth-order valence-electron chi connectivity index (χ4n) is 3.68. The number of nitrogens with zero attached hydrogens (tertiary/aromatic N) is 1. The zero-order valence-electron chi connectivity index (χ0n) is 15.8. The molecule has 150 valence electrons. The van der Waals surface area contributed by atoms with Gasteiger partial charge in [0.05, 0.1) is 12.2 Å². The number of fused-ring (bicyclic) bond motifs is 2. The molecule has 1 aliphatic rings. The number of hydrogen-bond donors (Lipinski definition) is 3. The van der Waals surface area contributed by atoms with E-state index in [0.29, 0.717) is 22.5 Å². The molecule has 8 nitrogen and oxygen atoms in total. The number of ether oxygens (including phenoxy) is 1. The van der Waals surface area contributed by atoms with Gasteiger partial charge in [0.25, 0.3) is 5.91 Å². The molecule has 0 saturated carbocycles. The largest absolute Gasteiger partial charge is 0.486 e. The second kappa shape index (κ2) is 7.56. The van der Waals surface area contributed by atoms with Crippen molar-refractivity contribution in [2.75, 3.05) is 6.61 Å². The Bertz CT molecular complexity index is 1090. The molecular formula is C21H21N3O5. The Labute approximate surface area is 166 Å². The van der Waals surface area contributed by atoms with Crippen LogP contribution in [0.4, 0.5) is 0 Å². The van der Waals surface area contributed by atoms with Gasteiger partial charge in [0, 0.05) is 17.8 Å². The Morgan fingerprint density at radius 2 is 2.24 bits per heavy atom. The molecule has 0 spiro atoms. The number of rotatable bonds is 6. The molecule has 0 radical (unpaired) electrons. The third-order valence-electron chi connectivity index (χ3n) is 5.14. The third-order valence-corrected chi connectivity index (χ3v) is 5.14. The number of aliphatic hydroxyl groups is 1. The van der Waals surface area contributed by atoms with E-state index in [1.807, 2.05) is 12.3 Å². The van der Waals surface area contributed by atoms with Gasteiger partial charge in [-0.15, -0.1) is 0 Å². The summed E-state index contributed by atoms with van der Waals surface area (Å²) >= 11 is 0. The maximum absolute atomic E-state index is 12.7. The minimum Gasteiger partial charge on any atom is -0.486 e. The zero-order chi connectivity index (χ0) is 20.5. The van der Waals surface area contributed by atoms with Gasteiger partial charge >= 0.3 is 0 Å². The van der Waals surface area contributed by atoms with Crippen LogP contribution in [0.15, 0.2) is 41.1 Å². The smallest absolute Gasteiger partial charge is 0.256 e. The van der Waals surface area contributed by atoms with Crippen molar-refractivity contribution in [1.82, 2.24) is 10.3 Å². The van der Waals surface area contributed by atoms with Crippen molar-refractivity contribution in [3.63, 3.8) is 0 Å². The van der Waals surface area contributed by atoms with Gasteiger partial charge in [0.1, 0.15) is 29.2 Å². The number of carbonyl (C=O) groups is 2. The van der Waals surface area contributed by atoms with Crippen molar-refractivity contribution >= 4 is 22.8 Å². The highest BCUT2D eigenvalue weighted by atomic mass is 16.5. The first-order valence-electron chi connectivity index (χ1n) is 9.31. The number of aliphatic hydroxyl groups excluding tert-OH is 1. The van der Waals surface area contributed by atoms with Crippen LogP contribution in [0.1, 0.15) is 39.8 Å². The van der Waals surface area contributed by atoms with Crippen molar-refractivity contribution < 1.29 is 23.8 Å². The van der Waals surface area contributed by atoms with Gasteiger partial charge in [-0.25, -0.2) is 0 Å². The van der Waals surface area contributed by atoms with E-state index in [1.165, 1.54) is 5.56 Å². The molecule has 29 heavy (non-hydrogen) atoms. The highest BCUT2D eigenvalue weighted by Gasteiger charge is 2.26. The Morgan fingerprint density at radius 3 is 3.00 bits per heavy atom. The lowest BCUT2D eigenvalue weighted by Crippen LogP contribution is -2.46. The normalized spacial score (nSPS) is 16.4. The fraction of sp³-hybridized carbons (Fsp3) is 0.286. The molecule has 0 aliphatic heterocycles. The van der Waals surface area contributed by atoms with Crippen LogP contribution >= 0.6 is 0 Å². The first kappa shape index (κ1) is 18.9. The SMILES string of the molecule is Cc1oc2ccc(OC3CCc4cnccc43)cc2c1C(=O)N[C@@H](CO)C(N)=O. The van der Waals surface area contributed by atoms with Gasteiger partial charge in [0.2, 0.25) is 5.91 Å². The monoisotopic (exact) mass is 395 g/mol. The number of furan rings is 1. The third kappa shape index (κ3) is 3.54. The molecule has 2 heterocycles. The molecular weight excluding hydrogens is 374 g/mol. The van der Waals surface area contributed by atoms with Crippen LogP contribution in [0.25, 0.3) is 11.0 Å². The molecule has 4 rings (SSSR count). The number of hydrogen-bond acceptors (Lipinski definition) is 6. The van der Waals surface area contributed by atoms with Crippen molar-refractivity contribution in [3.8, 4) is 5.75 Å². The Kier molecular flexibility index (Phi) is 4.94. The van der Waals surface area contributed by atoms with Crippen molar-refractivity contribution in [2.45, 2.75) is 31.9 Å². The highest BCUT2D eigenvalue weighted by Crippen LogP contribution is 2.36. The lowest BCUT2D eigenvalue weighted by Gasteiger charge is -2.15. The Balaban J connectivity index is 1.63. The zero-order valence-corrected chi connectivity index (χ0v) is 15.8. The number of amides is 2. The van der Waals surface area contributed by atoms with Crippen molar-refractivity contribution in [2.24, 2.45) is 5.73 Å². The molecule has 3 aromatic rings. The summed E-state index contributed by atoms with van der Waals surface area (Å²) in [5.41, 5.74) is 8.29. The molecule has 8 heteroatoms. The van der Waals surface area contributed by atoms with Crippen molar-refractivity contribution in [3.05, 3.63) is 59.1 Å². The van der Waals surface area contributed by atoms with Crippen LogP contribution in [0.3, 0.4) is 0 Å². The van der Waals surface area contributed by atoms with Crippen LogP contribution in [0.5, 0.6) is 5.75 Å². The summed E-state index contributed by atoms with van der Waals surface area (Å²) in [5, 5.41) is 12.2. The van der Waals surface area contributed by atoms with E-state index < -0.39 is 24.5 Å². The number of nitrogens with two attached hydrogens (primary N) is 1. The maximum Gasteiger partial charge on any atom is 0.256 e. The topological polar surface area (TPSA) is 128 Å². The number of pyridine rings is 1. The number of nitrogens with one attached hydrogen (secondary N) is 1. The van der Waals surface area contributed by atoms with Crippen LogP contribution in [-0.2, 0) is 11.2 Å². The first-order valence-corrected chi connectivity index (χ1v) is 9.31. The minimum absolute atomic E-state index is 0.0793. The lowest BCUT2D eigenvalue weighted by atomic mass is 10.1. The average molecular weight is 395 g/mol. The van der Waals surface area contributed by atoms with E-state index in [1.54, 1.807) is 31.3 Å². The van der Waals surface area contributed by atoms with Gasteiger partial charge in [0.15, 0.2) is 0 Å². The van der Waals surface area contributed by atoms with E-state index in [9.17, 15) is 14.7 Å². The Morgan fingerprint density at radius 1 is 1.41 bits per heavy atom.